The topological polar surface area (TPSA) is 15.3 Å². The van der Waals surface area contributed by atoms with Gasteiger partial charge in [0.05, 0.1) is 0 Å². The molecule has 2 nitrogen and oxygen atoms in total. The van der Waals surface area contributed by atoms with Crippen molar-refractivity contribution in [2.24, 2.45) is 0 Å². The van der Waals surface area contributed by atoms with Crippen molar-refractivity contribution in [2.75, 3.05) is 19.4 Å². The molecule has 0 amide bonds. The molecule has 2 aromatic carbocycles. The Hall–Kier alpha value is -1.07. The fourth-order valence-corrected chi connectivity index (χ4v) is 3.62. The van der Waals surface area contributed by atoms with Gasteiger partial charge in [0, 0.05) is 0 Å². The predicted octanol–water partition coefficient (Wildman–Crippen LogP) is 0.342. The Balaban J connectivity index is 1.95. The zero-order valence-corrected chi connectivity index (χ0v) is 13.8. The molecule has 0 bridgehead atoms. The predicted molar refractivity (Wildman–Crippen MR) is 77.3 cm³/mol. The van der Waals surface area contributed by atoms with E-state index in [1.165, 1.54) is 20.4 Å². The van der Waals surface area contributed by atoms with Crippen LogP contribution in [0.2, 0.25) is 0 Å². The first-order valence-corrected chi connectivity index (χ1v) is 8.40. The van der Waals surface area contributed by atoms with Crippen molar-refractivity contribution < 1.29 is 21.5 Å². The number of para-hydroxylation sites is 1. The molecule has 0 saturated carbocycles. The fraction of sp³-hybridized carbons (Fsp3) is 0.250. The first-order valence-electron chi connectivity index (χ1n) is 6.36. The Labute approximate surface area is 126 Å². The summed E-state index contributed by atoms with van der Waals surface area (Å²) in [5.74, 6) is 0. The SMILES string of the molecule is Cc1ccccc1NCc1ccc([I-]N(C)C)cc1. The second kappa shape index (κ2) is 6.91. The normalized spacial score (nSPS) is 10.9. The Morgan fingerprint density at radius 3 is 2.32 bits per heavy atom. The van der Waals surface area contributed by atoms with Crippen LogP contribution in [0.5, 0.6) is 0 Å². The van der Waals surface area contributed by atoms with Gasteiger partial charge in [-0.1, -0.05) is 0 Å². The van der Waals surface area contributed by atoms with E-state index in [1.54, 1.807) is 0 Å². The van der Waals surface area contributed by atoms with Gasteiger partial charge in [0.25, 0.3) is 0 Å². The van der Waals surface area contributed by atoms with Crippen molar-refractivity contribution >= 4 is 5.69 Å². The summed E-state index contributed by atoms with van der Waals surface area (Å²) in [6, 6.07) is 17.4. The summed E-state index contributed by atoms with van der Waals surface area (Å²) < 4.78 is 3.75. The van der Waals surface area contributed by atoms with Gasteiger partial charge in [-0.2, -0.15) is 0 Å². The minimum absolute atomic E-state index is 0.00764. The number of halogens is 1. The molecule has 2 aromatic rings. The van der Waals surface area contributed by atoms with E-state index in [4.69, 9.17) is 0 Å². The van der Waals surface area contributed by atoms with E-state index in [9.17, 15) is 0 Å². The van der Waals surface area contributed by atoms with Crippen LogP contribution in [0.1, 0.15) is 11.1 Å². The van der Waals surface area contributed by atoms with E-state index in [1.807, 2.05) is 0 Å². The summed E-state index contributed by atoms with van der Waals surface area (Å²) in [5.41, 5.74) is 3.83. The second-order valence-electron chi connectivity index (χ2n) is 4.66. The molecule has 1 N–H and O–H groups in total. The van der Waals surface area contributed by atoms with Crippen LogP contribution in [0, 0.1) is 10.5 Å². The standard InChI is InChI=1S/C16H20IN2/c1-13-6-4-5-7-16(13)18-12-14-8-10-15(11-9-14)17-19(2)3/h4-11,18H,12H2,1-3H3/q-1. The zero-order valence-electron chi connectivity index (χ0n) is 11.7. The molecular formula is C16H20IN2-. The Morgan fingerprint density at radius 1 is 1.00 bits per heavy atom. The van der Waals surface area contributed by atoms with Gasteiger partial charge < -0.3 is 0 Å². The number of nitrogens with one attached hydrogen (secondary N) is 1. The van der Waals surface area contributed by atoms with Crippen molar-refractivity contribution in [2.45, 2.75) is 13.5 Å². The number of hydrogen-bond donors (Lipinski definition) is 1. The third-order valence-electron chi connectivity index (χ3n) is 2.81. The molecule has 0 saturated heterocycles. The third kappa shape index (κ3) is 4.51. The third-order valence-corrected chi connectivity index (χ3v) is 5.05. The molecule has 0 atom stereocenters. The van der Waals surface area contributed by atoms with Gasteiger partial charge in [0.1, 0.15) is 0 Å². The average Bonchev–Trinajstić information content (AvgIpc) is 2.39. The quantitative estimate of drug-likeness (QED) is 0.606. The molecule has 0 unspecified atom stereocenters. The van der Waals surface area contributed by atoms with Crippen molar-refractivity contribution in [3.63, 3.8) is 0 Å². The molecule has 0 aliphatic heterocycles. The maximum absolute atomic E-state index is 3.49. The van der Waals surface area contributed by atoms with Gasteiger partial charge in [-0.3, -0.25) is 0 Å². The van der Waals surface area contributed by atoms with E-state index in [-0.39, 0.29) is 21.5 Å². The molecular weight excluding hydrogens is 347 g/mol. The molecule has 19 heavy (non-hydrogen) atoms. The van der Waals surface area contributed by atoms with Crippen molar-refractivity contribution in [1.82, 2.24) is 3.11 Å². The van der Waals surface area contributed by atoms with Crippen LogP contribution < -0.4 is 26.8 Å². The van der Waals surface area contributed by atoms with Crippen molar-refractivity contribution in [3.8, 4) is 0 Å². The molecule has 0 aliphatic rings. The van der Waals surface area contributed by atoms with Crippen LogP contribution in [-0.4, -0.2) is 17.2 Å². The summed E-state index contributed by atoms with van der Waals surface area (Å²) in [5, 5.41) is 3.49. The monoisotopic (exact) mass is 367 g/mol. The average molecular weight is 367 g/mol. The fourth-order valence-electron chi connectivity index (χ4n) is 1.82. The van der Waals surface area contributed by atoms with Gasteiger partial charge in [-0.15, -0.1) is 0 Å². The number of hydrogen-bond acceptors (Lipinski definition) is 2. The minimum atomic E-state index is 0.00764. The number of anilines is 1. The van der Waals surface area contributed by atoms with Crippen LogP contribution in [0.4, 0.5) is 5.69 Å². The molecule has 0 heterocycles. The first kappa shape index (κ1) is 14.3. The summed E-state index contributed by atoms with van der Waals surface area (Å²) >= 11 is 0.00764. The van der Waals surface area contributed by atoms with Gasteiger partial charge >= 0.3 is 126 Å². The molecule has 102 valence electrons. The van der Waals surface area contributed by atoms with Crippen LogP contribution in [0.15, 0.2) is 48.5 Å². The summed E-state index contributed by atoms with van der Waals surface area (Å²) in [7, 11) is 4.28. The first-order chi connectivity index (χ1) is 9.15. The van der Waals surface area contributed by atoms with E-state index in [0.29, 0.717) is 0 Å². The van der Waals surface area contributed by atoms with Crippen LogP contribution in [-0.2, 0) is 6.54 Å². The van der Waals surface area contributed by atoms with Crippen LogP contribution in [0.25, 0.3) is 0 Å². The van der Waals surface area contributed by atoms with Gasteiger partial charge in [-0.05, 0) is 0 Å². The molecule has 2 rings (SSSR count). The molecule has 0 radical (unpaired) electrons. The van der Waals surface area contributed by atoms with Gasteiger partial charge in [-0.25, -0.2) is 0 Å². The number of benzene rings is 2. The molecule has 0 fully saturated rings. The molecule has 0 spiro atoms. The summed E-state index contributed by atoms with van der Waals surface area (Å²) in [6.45, 7) is 3.01. The number of rotatable bonds is 5. The van der Waals surface area contributed by atoms with Gasteiger partial charge in [0.2, 0.25) is 0 Å². The summed E-state index contributed by atoms with van der Waals surface area (Å²) in [4.78, 5) is 0. The number of nitrogens with zero attached hydrogens (tertiary/aromatic N) is 1. The van der Waals surface area contributed by atoms with E-state index in [0.717, 1.165) is 6.54 Å². The van der Waals surface area contributed by atoms with E-state index < -0.39 is 0 Å². The van der Waals surface area contributed by atoms with E-state index >= 15 is 0 Å². The molecule has 3 heteroatoms. The zero-order chi connectivity index (χ0) is 13.7. The van der Waals surface area contributed by atoms with Crippen LogP contribution in [0.3, 0.4) is 0 Å². The second-order valence-corrected chi connectivity index (χ2v) is 8.32. The Kier molecular flexibility index (Phi) is 5.22. The summed E-state index contributed by atoms with van der Waals surface area (Å²) in [6.07, 6.45) is 0. The van der Waals surface area contributed by atoms with Crippen molar-refractivity contribution in [1.29, 1.82) is 0 Å². The van der Waals surface area contributed by atoms with E-state index in [2.05, 4.69) is 78.0 Å². The molecule has 0 aliphatic carbocycles. The Morgan fingerprint density at radius 2 is 1.68 bits per heavy atom. The van der Waals surface area contributed by atoms with Crippen molar-refractivity contribution in [3.05, 3.63) is 63.2 Å². The van der Waals surface area contributed by atoms with Gasteiger partial charge in [0.15, 0.2) is 0 Å². The number of aryl methyl sites for hydroxylation is 1. The van der Waals surface area contributed by atoms with Crippen LogP contribution >= 0.6 is 0 Å². The Bertz CT molecular complexity index is 521. The molecule has 0 aromatic heterocycles. The maximum atomic E-state index is 3.49.